The molecule has 6 N–H and O–H groups in total. The molecule has 0 saturated heterocycles. The maximum Gasteiger partial charge on any atom is 0.188 e. The number of nitrogens with one attached hydrogen (secondary N) is 2. The molecule has 0 aliphatic rings. The smallest absolute Gasteiger partial charge is 0.188 e. The van der Waals surface area contributed by atoms with E-state index in [1.54, 1.807) is 14.2 Å². The van der Waals surface area contributed by atoms with Crippen LogP contribution in [0.3, 0.4) is 0 Å². The second-order valence-electron chi connectivity index (χ2n) is 5.50. The van der Waals surface area contributed by atoms with Crippen molar-refractivity contribution in [3.05, 3.63) is 35.0 Å². The maximum absolute atomic E-state index is 9.02. The van der Waals surface area contributed by atoms with Crippen LogP contribution in [0.2, 0.25) is 0 Å². The molecular formula is C17H24IN7O2. The number of nitrogens with two attached hydrogens (primary N) is 2. The minimum atomic E-state index is 0. The van der Waals surface area contributed by atoms with Crippen LogP contribution in [0.5, 0.6) is 11.5 Å². The van der Waals surface area contributed by atoms with Crippen LogP contribution in [0, 0.1) is 11.3 Å². The molecule has 9 nitrogen and oxygen atoms in total. The van der Waals surface area contributed by atoms with Crippen molar-refractivity contribution >= 4 is 35.8 Å². The Morgan fingerprint density at radius 2 is 2.07 bits per heavy atom. The summed E-state index contributed by atoms with van der Waals surface area (Å²) in [5.74, 6) is 1.90. The number of halogens is 1. The monoisotopic (exact) mass is 485 g/mol. The van der Waals surface area contributed by atoms with Gasteiger partial charge in [0, 0.05) is 6.54 Å². The lowest BCUT2D eigenvalue weighted by Gasteiger charge is -2.09. The summed E-state index contributed by atoms with van der Waals surface area (Å²) >= 11 is 0. The molecule has 27 heavy (non-hydrogen) atoms. The van der Waals surface area contributed by atoms with E-state index in [0.717, 1.165) is 17.7 Å². The molecular weight excluding hydrogens is 461 g/mol. The van der Waals surface area contributed by atoms with Gasteiger partial charge in [-0.1, -0.05) is 6.07 Å². The molecule has 0 fully saturated rings. The van der Waals surface area contributed by atoms with E-state index in [0.29, 0.717) is 42.5 Å². The Morgan fingerprint density at radius 1 is 1.33 bits per heavy atom. The molecule has 0 saturated carbocycles. The van der Waals surface area contributed by atoms with Crippen LogP contribution in [-0.4, -0.2) is 36.9 Å². The molecule has 146 valence electrons. The van der Waals surface area contributed by atoms with Crippen LogP contribution in [-0.2, 0) is 13.0 Å². The van der Waals surface area contributed by atoms with E-state index in [4.69, 9.17) is 26.2 Å². The number of nitrogens with zero attached hydrogens (tertiary/aromatic N) is 3. The fourth-order valence-electron chi connectivity index (χ4n) is 2.39. The normalized spacial score (nSPS) is 10.6. The molecule has 1 heterocycles. The first-order chi connectivity index (χ1) is 12.6. The highest BCUT2D eigenvalue weighted by atomic mass is 127. The lowest BCUT2D eigenvalue weighted by molar-refractivity contribution is 0.354. The van der Waals surface area contributed by atoms with Gasteiger partial charge in [0.05, 0.1) is 26.5 Å². The number of aromatic nitrogens is 2. The van der Waals surface area contributed by atoms with Crippen LogP contribution in [0.15, 0.2) is 23.2 Å². The molecule has 2 rings (SSSR count). The van der Waals surface area contributed by atoms with E-state index in [1.165, 1.54) is 0 Å². The zero-order valence-corrected chi connectivity index (χ0v) is 17.6. The van der Waals surface area contributed by atoms with Crippen molar-refractivity contribution in [2.24, 2.45) is 10.7 Å². The number of aliphatic imine (C=N–C) groups is 1. The zero-order valence-electron chi connectivity index (χ0n) is 15.3. The number of nitrogen functional groups attached to an aromatic ring is 1. The lowest BCUT2D eigenvalue weighted by Crippen LogP contribution is -2.32. The summed E-state index contributed by atoms with van der Waals surface area (Å²) in [6, 6.07) is 7.64. The summed E-state index contributed by atoms with van der Waals surface area (Å²) in [5, 5.41) is 18.7. The van der Waals surface area contributed by atoms with Gasteiger partial charge in [-0.25, -0.2) is 4.99 Å². The van der Waals surface area contributed by atoms with Gasteiger partial charge in [-0.2, -0.15) is 10.4 Å². The number of hydrogen-bond acceptors (Lipinski definition) is 6. The topological polar surface area (TPSA) is 147 Å². The van der Waals surface area contributed by atoms with E-state index >= 15 is 0 Å². The van der Waals surface area contributed by atoms with Gasteiger partial charge in [-0.05, 0) is 30.5 Å². The first kappa shape index (κ1) is 22.4. The first-order valence-corrected chi connectivity index (χ1v) is 8.06. The van der Waals surface area contributed by atoms with Gasteiger partial charge in [0.15, 0.2) is 23.3 Å². The number of ether oxygens (including phenoxy) is 2. The summed E-state index contributed by atoms with van der Waals surface area (Å²) in [5.41, 5.74) is 13.6. The third kappa shape index (κ3) is 6.21. The second-order valence-corrected chi connectivity index (χ2v) is 5.50. The average Bonchev–Trinajstić information content (AvgIpc) is 3.02. The minimum absolute atomic E-state index is 0. The fraction of sp³-hybridized carbons (Fsp3) is 0.353. The first-order valence-electron chi connectivity index (χ1n) is 8.06. The number of aromatic amines is 1. The van der Waals surface area contributed by atoms with Crippen molar-refractivity contribution in [3.8, 4) is 17.6 Å². The summed E-state index contributed by atoms with van der Waals surface area (Å²) < 4.78 is 10.5. The molecule has 0 radical (unpaired) electrons. The number of benzene rings is 1. The Hall–Kier alpha value is -2.68. The number of aryl methyl sites for hydroxylation is 1. The highest BCUT2D eigenvalue weighted by molar-refractivity contribution is 14.0. The summed E-state index contributed by atoms with van der Waals surface area (Å²) in [6.07, 6.45) is 1.39. The van der Waals surface area contributed by atoms with Crippen LogP contribution < -0.4 is 26.3 Å². The van der Waals surface area contributed by atoms with Gasteiger partial charge >= 0.3 is 0 Å². The minimum Gasteiger partial charge on any atom is -0.493 e. The van der Waals surface area contributed by atoms with Gasteiger partial charge in [-0.15, -0.1) is 24.0 Å². The number of rotatable bonds is 8. The van der Waals surface area contributed by atoms with Gasteiger partial charge < -0.3 is 26.3 Å². The number of guanidine groups is 1. The van der Waals surface area contributed by atoms with Crippen molar-refractivity contribution < 1.29 is 9.47 Å². The van der Waals surface area contributed by atoms with Crippen LogP contribution >= 0.6 is 24.0 Å². The van der Waals surface area contributed by atoms with Crippen molar-refractivity contribution in [1.82, 2.24) is 15.5 Å². The summed E-state index contributed by atoms with van der Waals surface area (Å²) in [7, 11) is 3.18. The van der Waals surface area contributed by atoms with Crippen LogP contribution in [0.4, 0.5) is 5.82 Å². The predicted octanol–water partition coefficient (Wildman–Crippen LogP) is 1.54. The molecule has 0 atom stereocenters. The van der Waals surface area contributed by atoms with Crippen molar-refractivity contribution in [1.29, 1.82) is 5.26 Å². The van der Waals surface area contributed by atoms with E-state index in [1.807, 2.05) is 24.3 Å². The van der Waals surface area contributed by atoms with Crippen LogP contribution in [0.1, 0.15) is 23.2 Å². The predicted molar refractivity (Wildman–Crippen MR) is 114 cm³/mol. The highest BCUT2D eigenvalue weighted by Gasteiger charge is 2.09. The van der Waals surface area contributed by atoms with E-state index in [2.05, 4.69) is 20.5 Å². The number of hydrogen-bond donors (Lipinski definition) is 4. The third-order valence-electron chi connectivity index (χ3n) is 3.77. The Morgan fingerprint density at radius 3 is 2.74 bits per heavy atom. The molecule has 0 amide bonds. The van der Waals surface area contributed by atoms with Crippen molar-refractivity contribution in [3.63, 3.8) is 0 Å². The highest BCUT2D eigenvalue weighted by Crippen LogP contribution is 2.27. The van der Waals surface area contributed by atoms with Gasteiger partial charge in [0.25, 0.3) is 0 Å². The number of nitriles is 1. The van der Waals surface area contributed by atoms with Crippen LogP contribution in [0.25, 0.3) is 0 Å². The molecule has 1 aromatic heterocycles. The maximum atomic E-state index is 9.02. The molecule has 0 aliphatic heterocycles. The second kappa shape index (κ2) is 11.1. The Bertz CT molecular complexity index is 814. The van der Waals surface area contributed by atoms with Gasteiger partial charge in [-0.3, -0.25) is 5.10 Å². The SMILES string of the molecule is COc1ccc(CN=C(N)NCCCc2[nH]nc(N)c2C#N)cc1OC.I. The molecule has 0 aliphatic carbocycles. The lowest BCUT2D eigenvalue weighted by atomic mass is 10.1. The van der Waals surface area contributed by atoms with Gasteiger partial charge in [0.1, 0.15) is 11.6 Å². The number of H-pyrrole nitrogens is 1. The van der Waals surface area contributed by atoms with Crippen molar-refractivity contribution in [2.75, 3.05) is 26.5 Å². The Labute approximate surface area is 175 Å². The zero-order chi connectivity index (χ0) is 18.9. The number of anilines is 1. The summed E-state index contributed by atoms with van der Waals surface area (Å²) in [4.78, 5) is 4.30. The fourth-order valence-corrected chi connectivity index (χ4v) is 2.39. The third-order valence-corrected chi connectivity index (χ3v) is 3.77. The standard InChI is InChI=1S/C17H23N7O2.HI/c1-25-14-6-5-11(8-15(14)26-2)10-22-17(20)21-7-3-4-13-12(9-18)16(19)24-23-13;/h5-6,8H,3-4,7,10H2,1-2H3,(H3,19,23,24)(H3,20,21,22);1H. The van der Waals surface area contributed by atoms with Crippen molar-refractivity contribution in [2.45, 2.75) is 19.4 Å². The Kier molecular flexibility index (Phi) is 9.21. The molecule has 10 heteroatoms. The molecule has 0 bridgehead atoms. The molecule has 0 spiro atoms. The largest absolute Gasteiger partial charge is 0.493 e. The summed E-state index contributed by atoms with van der Waals surface area (Å²) in [6.45, 7) is 1.04. The average molecular weight is 485 g/mol. The van der Waals surface area contributed by atoms with Gasteiger partial charge in [0.2, 0.25) is 0 Å². The number of methoxy groups -OCH3 is 2. The van der Waals surface area contributed by atoms with E-state index in [9.17, 15) is 0 Å². The molecule has 0 unspecified atom stereocenters. The molecule has 1 aromatic carbocycles. The molecule has 2 aromatic rings. The van der Waals surface area contributed by atoms with E-state index < -0.39 is 0 Å². The quantitative estimate of drug-likeness (QED) is 0.192. The Balaban J connectivity index is 0.00000364. The van der Waals surface area contributed by atoms with E-state index in [-0.39, 0.29) is 29.8 Å².